The number of benzene rings is 2. The maximum Gasteiger partial charge on any atom is 0.120 e. The number of hydrogen-bond donors (Lipinski definition) is 2. The van der Waals surface area contributed by atoms with Gasteiger partial charge in [0.15, 0.2) is 0 Å². The van der Waals surface area contributed by atoms with Crippen molar-refractivity contribution in [2.45, 2.75) is 12.6 Å². The van der Waals surface area contributed by atoms with Gasteiger partial charge in [0.2, 0.25) is 0 Å². The summed E-state index contributed by atoms with van der Waals surface area (Å²) in [7, 11) is 0. The highest BCUT2D eigenvalue weighted by molar-refractivity contribution is 5.85. The second kappa shape index (κ2) is 9.70. The summed E-state index contributed by atoms with van der Waals surface area (Å²) >= 11 is 0. The highest BCUT2D eigenvalue weighted by Crippen LogP contribution is 2.20. The first-order chi connectivity index (χ1) is 9.92. The average molecular weight is 341 g/mol. The standard InChI is InChI=1S/C17H20N2O.2ClH/c1-2-5-14(6-3-1)13-20-16-8-4-7-15(11-16)17-12-18-9-10-19-17;;/h1-8,11,17-19H,9-10,12-13H2;2*1H. The Labute approximate surface area is 144 Å². The summed E-state index contributed by atoms with van der Waals surface area (Å²) in [5.74, 6) is 0.929. The molecule has 0 amide bonds. The summed E-state index contributed by atoms with van der Waals surface area (Å²) in [5.41, 5.74) is 2.47. The predicted octanol–water partition coefficient (Wildman–Crippen LogP) is 3.34. The van der Waals surface area contributed by atoms with Crippen LogP contribution >= 0.6 is 24.8 Å². The second-order valence-electron chi connectivity index (χ2n) is 5.06. The summed E-state index contributed by atoms with van der Waals surface area (Å²) in [6.07, 6.45) is 0. The molecule has 2 aromatic rings. The Morgan fingerprint density at radius 2 is 1.77 bits per heavy atom. The number of nitrogens with one attached hydrogen (secondary N) is 2. The van der Waals surface area contributed by atoms with Crippen LogP contribution in [0, 0.1) is 0 Å². The molecular weight excluding hydrogens is 319 g/mol. The lowest BCUT2D eigenvalue weighted by atomic mass is 10.1. The fraction of sp³-hybridized carbons (Fsp3) is 0.294. The molecule has 1 aliphatic rings. The van der Waals surface area contributed by atoms with Crippen LogP contribution in [0.15, 0.2) is 54.6 Å². The lowest BCUT2D eigenvalue weighted by molar-refractivity contribution is 0.305. The quantitative estimate of drug-likeness (QED) is 0.895. The summed E-state index contributed by atoms with van der Waals surface area (Å²) in [5, 5.41) is 6.93. The Kier molecular flexibility index (Phi) is 8.28. The molecule has 0 saturated carbocycles. The molecule has 120 valence electrons. The monoisotopic (exact) mass is 340 g/mol. The highest BCUT2D eigenvalue weighted by atomic mass is 35.5. The zero-order chi connectivity index (χ0) is 13.6. The Morgan fingerprint density at radius 1 is 0.955 bits per heavy atom. The van der Waals surface area contributed by atoms with E-state index in [9.17, 15) is 0 Å². The maximum atomic E-state index is 5.88. The van der Waals surface area contributed by atoms with E-state index in [1.165, 1.54) is 11.1 Å². The number of hydrogen-bond acceptors (Lipinski definition) is 3. The molecule has 5 heteroatoms. The SMILES string of the molecule is Cl.Cl.c1ccc(COc2cccc(C3CNCCN3)c2)cc1. The van der Waals surface area contributed by atoms with Crippen LogP contribution in [0.2, 0.25) is 0 Å². The smallest absolute Gasteiger partial charge is 0.120 e. The van der Waals surface area contributed by atoms with E-state index in [1.807, 2.05) is 24.3 Å². The minimum absolute atomic E-state index is 0. The first kappa shape index (κ1) is 18.8. The van der Waals surface area contributed by atoms with Crippen LogP contribution in [0.25, 0.3) is 0 Å². The van der Waals surface area contributed by atoms with Crippen molar-refractivity contribution in [3.63, 3.8) is 0 Å². The topological polar surface area (TPSA) is 33.3 Å². The van der Waals surface area contributed by atoms with Crippen molar-refractivity contribution in [1.29, 1.82) is 0 Å². The van der Waals surface area contributed by atoms with Crippen LogP contribution in [0.3, 0.4) is 0 Å². The van der Waals surface area contributed by atoms with Gasteiger partial charge in [-0.25, -0.2) is 0 Å². The first-order valence-electron chi connectivity index (χ1n) is 7.12. The van der Waals surface area contributed by atoms with E-state index in [-0.39, 0.29) is 24.8 Å². The van der Waals surface area contributed by atoms with Crippen LogP contribution in [0.4, 0.5) is 0 Å². The fourth-order valence-electron chi connectivity index (χ4n) is 2.45. The molecule has 0 aliphatic carbocycles. The molecule has 1 saturated heterocycles. The van der Waals surface area contributed by atoms with Gasteiger partial charge in [-0.15, -0.1) is 24.8 Å². The second-order valence-corrected chi connectivity index (χ2v) is 5.06. The molecule has 3 rings (SSSR count). The molecule has 1 heterocycles. The van der Waals surface area contributed by atoms with E-state index in [1.54, 1.807) is 0 Å². The van der Waals surface area contributed by atoms with Crippen LogP contribution in [-0.4, -0.2) is 19.6 Å². The Balaban J connectivity index is 0.00000121. The van der Waals surface area contributed by atoms with Gasteiger partial charge in [-0.1, -0.05) is 42.5 Å². The van der Waals surface area contributed by atoms with Gasteiger partial charge in [0.1, 0.15) is 12.4 Å². The third-order valence-corrected chi connectivity index (χ3v) is 3.55. The van der Waals surface area contributed by atoms with Gasteiger partial charge in [0, 0.05) is 25.7 Å². The molecule has 0 spiro atoms. The van der Waals surface area contributed by atoms with Gasteiger partial charge in [-0.3, -0.25) is 0 Å². The van der Waals surface area contributed by atoms with Gasteiger partial charge in [-0.2, -0.15) is 0 Å². The third kappa shape index (κ3) is 5.18. The molecule has 2 N–H and O–H groups in total. The van der Waals surface area contributed by atoms with Crippen LogP contribution in [0.5, 0.6) is 5.75 Å². The van der Waals surface area contributed by atoms with Crippen molar-refractivity contribution in [3.05, 3.63) is 65.7 Å². The highest BCUT2D eigenvalue weighted by Gasteiger charge is 2.14. The predicted molar refractivity (Wildman–Crippen MR) is 95.3 cm³/mol. The Morgan fingerprint density at radius 3 is 2.50 bits per heavy atom. The van der Waals surface area contributed by atoms with Crippen LogP contribution < -0.4 is 15.4 Å². The molecular formula is C17H22Cl2N2O. The number of ether oxygens (including phenoxy) is 1. The van der Waals surface area contributed by atoms with Gasteiger partial charge < -0.3 is 15.4 Å². The number of piperazine rings is 1. The third-order valence-electron chi connectivity index (χ3n) is 3.55. The molecule has 1 aliphatic heterocycles. The van der Waals surface area contributed by atoms with Crippen LogP contribution in [0.1, 0.15) is 17.2 Å². The summed E-state index contributed by atoms with van der Waals surface area (Å²) < 4.78 is 5.88. The average Bonchev–Trinajstić information content (AvgIpc) is 2.55. The normalized spacial score (nSPS) is 17.0. The van der Waals surface area contributed by atoms with E-state index in [2.05, 4.69) is 41.0 Å². The zero-order valence-electron chi connectivity index (χ0n) is 12.3. The van der Waals surface area contributed by atoms with Crippen molar-refractivity contribution in [1.82, 2.24) is 10.6 Å². The van der Waals surface area contributed by atoms with Gasteiger partial charge in [0.05, 0.1) is 0 Å². The van der Waals surface area contributed by atoms with Crippen molar-refractivity contribution in [2.75, 3.05) is 19.6 Å². The van der Waals surface area contributed by atoms with Crippen molar-refractivity contribution in [2.24, 2.45) is 0 Å². The van der Waals surface area contributed by atoms with Gasteiger partial charge in [0.25, 0.3) is 0 Å². The molecule has 0 bridgehead atoms. The molecule has 22 heavy (non-hydrogen) atoms. The van der Waals surface area contributed by atoms with Crippen molar-refractivity contribution >= 4 is 24.8 Å². The Hall–Kier alpha value is -1.26. The van der Waals surface area contributed by atoms with E-state index in [4.69, 9.17) is 4.74 Å². The maximum absolute atomic E-state index is 5.88. The number of rotatable bonds is 4. The van der Waals surface area contributed by atoms with E-state index in [0.29, 0.717) is 12.6 Å². The molecule has 1 fully saturated rings. The zero-order valence-corrected chi connectivity index (χ0v) is 14.0. The van der Waals surface area contributed by atoms with Gasteiger partial charge in [-0.05, 0) is 23.3 Å². The fourth-order valence-corrected chi connectivity index (χ4v) is 2.45. The molecule has 0 aromatic heterocycles. The van der Waals surface area contributed by atoms with Gasteiger partial charge >= 0.3 is 0 Å². The molecule has 0 radical (unpaired) electrons. The van der Waals surface area contributed by atoms with E-state index >= 15 is 0 Å². The minimum atomic E-state index is 0. The lowest BCUT2D eigenvalue weighted by Crippen LogP contribution is -2.42. The lowest BCUT2D eigenvalue weighted by Gasteiger charge is -2.25. The minimum Gasteiger partial charge on any atom is -0.489 e. The molecule has 1 atom stereocenters. The molecule has 2 aromatic carbocycles. The van der Waals surface area contributed by atoms with Crippen LogP contribution in [-0.2, 0) is 6.61 Å². The van der Waals surface area contributed by atoms with E-state index < -0.39 is 0 Å². The summed E-state index contributed by atoms with van der Waals surface area (Å²) in [6.45, 7) is 3.64. The molecule has 3 nitrogen and oxygen atoms in total. The molecule has 1 unspecified atom stereocenters. The first-order valence-corrected chi connectivity index (χ1v) is 7.12. The summed E-state index contributed by atoms with van der Waals surface area (Å²) in [4.78, 5) is 0. The number of halogens is 2. The van der Waals surface area contributed by atoms with E-state index in [0.717, 1.165) is 25.4 Å². The van der Waals surface area contributed by atoms with Crippen molar-refractivity contribution in [3.8, 4) is 5.75 Å². The van der Waals surface area contributed by atoms with Crippen molar-refractivity contribution < 1.29 is 4.74 Å². The Bertz CT molecular complexity index is 545. The summed E-state index contributed by atoms with van der Waals surface area (Å²) in [6, 6.07) is 19.0. The largest absolute Gasteiger partial charge is 0.489 e.